The quantitative estimate of drug-likeness (QED) is 0.333. The zero-order valence-corrected chi connectivity index (χ0v) is 19.4. The first-order valence-corrected chi connectivity index (χ1v) is 12.1. The molecule has 0 atom stereocenters. The molecule has 0 aliphatic carbocycles. The smallest absolute Gasteiger partial charge is 0.251 e. The van der Waals surface area contributed by atoms with Gasteiger partial charge in [-0.05, 0) is 59.3 Å². The number of carbonyl (C=O) groups excluding carboxylic acids is 1. The Morgan fingerprint density at radius 3 is 2.50 bits per heavy atom. The van der Waals surface area contributed by atoms with E-state index in [0.29, 0.717) is 23.8 Å². The van der Waals surface area contributed by atoms with Crippen LogP contribution < -0.4 is 5.32 Å². The molecule has 0 bridgehead atoms. The third-order valence-electron chi connectivity index (χ3n) is 4.71. The van der Waals surface area contributed by atoms with Gasteiger partial charge in [0.05, 0.1) is 4.88 Å². The van der Waals surface area contributed by atoms with E-state index in [1.54, 1.807) is 35.2 Å². The van der Waals surface area contributed by atoms with E-state index in [2.05, 4.69) is 29.4 Å². The topological polar surface area (TPSA) is 59.8 Å². The molecule has 0 radical (unpaired) electrons. The predicted molar refractivity (Wildman–Crippen MR) is 128 cm³/mol. The second-order valence-corrected chi connectivity index (χ2v) is 9.57. The molecule has 5 nitrogen and oxygen atoms in total. The van der Waals surface area contributed by atoms with Gasteiger partial charge in [0.25, 0.3) is 5.91 Å². The summed E-state index contributed by atoms with van der Waals surface area (Å²) in [6.45, 7) is 4.78. The molecule has 32 heavy (non-hydrogen) atoms. The predicted octanol–water partition coefficient (Wildman–Crippen LogP) is 5.81. The van der Waals surface area contributed by atoms with Crippen LogP contribution in [0.25, 0.3) is 16.4 Å². The lowest BCUT2D eigenvalue weighted by Crippen LogP contribution is -2.27. The van der Waals surface area contributed by atoms with Gasteiger partial charge in [0, 0.05) is 23.5 Å². The maximum Gasteiger partial charge on any atom is 0.251 e. The minimum atomic E-state index is -0.286. The highest BCUT2D eigenvalue weighted by Gasteiger charge is 2.17. The van der Waals surface area contributed by atoms with Gasteiger partial charge >= 0.3 is 0 Å². The van der Waals surface area contributed by atoms with Crippen LogP contribution in [0.15, 0.2) is 71.2 Å². The molecule has 1 N–H and O–H groups in total. The minimum absolute atomic E-state index is 0.0606. The number of amides is 1. The molecule has 4 rings (SSSR count). The molecule has 1 amide bonds. The summed E-state index contributed by atoms with van der Waals surface area (Å²) in [4.78, 5) is 13.2. The van der Waals surface area contributed by atoms with Crippen LogP contribution in [0.4, 0.5) is 4.39 Å². The van der Waals surface area contributed by atoms with Gasteiger partial charge in [-0.3, -0.25) is 9.36 Å². The van der Waals surface area contributed by atoms with Crippen molar-refractivity contribution < 1.29 is 9.18 Å². The van der Waals surface area contributed by atoms with Crippen LogP contribution in [0.1, 0.15) is 29.8 Å². The Labute approximate surface area is 194 Å². The summed E-state index contributed by atoms with van der Waals surface area (Å²) in [6, 6.07) is 17.9. The normalized spacial score (nSPS) is 11.1. The van der Waals surface area contributed by atoms with Gasteiger partial charge in [-0.1, -0.05) is 43.8 Å². The SMILES string of the molecule is CC(C)CNC(=O)c1ccc(CSc2nnc(-c3cccs3)n2-c2ccc(F)cc2)cc1. The highest BCUT2D eigenvalue weighted by molar-refractivity contribution is 7.98. The molecule has 2 aromatic carbocycles. The van der Waals surface area contributed by atoms with E-state index < -0.39 is 0 Å². The molecule has 2 aromatic heterocycles. The van der Waals surface area contributed by atoms with E-state index in [1.165, 1.54) is 12.1 Å². The van der Waals surface area contributed by atoms with Crippen molar-refractivity contribution in [3.63, 3.8) is 0 Å². The molecule has 4 aromatic rings. The summed E-state index contributed by atoms with van der Waals surface area (Å²) in [6.07, 6.45) is 0. The van der Waals surface area contributed by atoms with Crippen molar-refractivity contribution in [3.05, 3.63) is 83.0 Å². The zero-order valence-electron chi connectivity index (χ0n) is 17.8. The van der Waals surface area contributed by atoms with Gasteiger partial charge in [0.15, 0.2) is 11.0 Å². The van der Waals surface area contributed by atoms with E-state index in [4.69, 9.17) is 0 Å². The van der Waals surface area contributed by atoms with Gasteiger partial charge in [-0.15, -0.1) is 21.5 Å². The number of benzene rings is 2. The number of nitrogens with one attached hydrogen (secondary N) is 1. The highest BCUT2D eigenvalue weighted by atomic mass is 32.2. The molecule has 0 spiro atoms. The third-order valence-corrected chi connectivity index (χ3v) is 6.58. The number of halogens is 1. The van der Waals surface area contributed by atoms with Crippen molar-refractivity contribution >= 4 is 29.0 Å². The highest BCUT2D eigenvalue weighted by Crippen LogP contribution is 2.31. The van der Waals surface area contributed by atoms with Crippen LogP contribution in [0, 0.1) is 11.7 Å². The Bertz CT molecular complexity index is 1170. The fourth-order valence-corrected chi connectivity index (χ4v) is 4.66. The van der Waals surface area contributed by atoms with Gasteiger partial charge in [0.2, 0.25) is 0 Å². The first-order chi connectivity index (χ1) is 15.5. The Kier molecular flexibility index (Phi) is 7.02. The van der Waals surface area contributed by atoms with E-state index in [-0.39, 0.29) is 11.7 Å². The summed E-state index contributed by atoms with van der Waals surface area (Å²) >= 11 is 3.13. The molecular weight excluding hydrogens is 443 g/mol. The summed E-state index contributed by atoms with van der Waals surface area (Å²) < 4.78 is 15.4. The average Bonchev–Trinajstić information content (AvgIpc) is 3.47. The van der Waals surface area contributed by atoms with Crippen LogP contribution in [0.5, 0.6) is 0 Å². The van der Waals surface area contributed by atoms with Crippen molar-refractivity contribution in [1.29, 1.82) is 0 Å². The standard InChI is InChI=1S/C24H23FN4OS2/c1-16(2)14-26-23(30)18-7-5-17(6-8-18)15-32-24-28-27-22(21-4-3-13-31-21)29(24)20-11-9-19(25)10-12-20/h3-13,16H,14-15H2,1-2H3,(H,26,30). The van der Waals surface area contributed by atoms with Crippen LogP contribution >= 0.6 is 23.1 Å². The fraction of sp³-hybridized carbons (Fsp3) is 0.208. The Balaban J connectivity index is 1.52. The van der Waals surface area contributed by atoms with Crippen molar-refractivity contribution in [3.8, 4) is 16.4 Å². The van der Waals surface area contributed by atoms with E-state index in [0.717, 1.165) is 27.1 Å². The van der Waals surface area contributed by atoms with E-state index in [1.807, 2.05) is 46.3 Å². The maximum absolute atomic E-state index is 13.5. The zero-order chi connectivity index (χ0) is 22.5. The lowest BCUT2D eigenvalue weighted by atomic mass is 10.1. The van der Waals surface area contributed by atoms with E-state index in [9.17, 15) is 9.18 Å². The largest absolute Gasteiger partial charge is 0.352 e. The molecule has 0 saturated carbocycles. The molecular formula is C24H23FN4OS2. The van der Waals surface area contributed by atoms with Crippen molar-refractivity contribution in [2.75, 3.05) is 6.54 Å². The second-order valence-electron chi connectivity index (χ2n) is 7.68. The molecule has 0 saturated heterocycles. The summed E-state index contributed by atoms with van der Waals surface area (Å²) in [5.74, 6) is 1.46. The Hall–Kier alpha value is -2.97. The number of aromatic nitrogens is 3. The maximum atomic E-state index is 13.5. The van der Waals surface area contributed by atoms with Crippen LogP contribution in [-0.2, 0) is 5.75 Å². The molecule has 8 heteroatoms. The van der Waals surface area contributed by atoms with Crippen molar-refractivity contribution in [2.24, 2.45) is 5.92 Å². The number of hydrogen-bond donors (Lipinski definition) is 1. The van der Waals surface area contributed by atoms with Gasteiger partial charge < -0.3 is 5.32 Å². The fourth-order valence-electron chi connectivity index (χ4n) is 3.05. The molecule has 164 valence electrons. The first kappa shape index (κ1) is 22.2. The monoisotopic (exact) mass is 466 g/mol. The van der Waals surface area contributed by atoms with E-state index >= 15 is 0 Å². The summed E-state index contributed by atoms with van der Waals surface area (Å²) in [5.41, 5.74) is 2.52. The number of thioether (sulfide) groups is 1. The van der Waals surface area contributed by atoms with Gasteiger partial charge in [-0.2, -0.15) is 0 Å². The number of hydrogen-bond acceptors (Lipinski definition) is 5. The van der Waals surface area contributed by atoms with Crippen molar-refractivity contribution in [1.82, 2.24) is 20.1 Å². The molecule has 0 fully saturated rings. The second kappa shape index (κ2) is 10.1. The summed E-state index contributed by atoms with van der Waals surface area (Å²) in [5, 5.41) is 14.4. The molecule has 2 heterocycles. The number of rotatable bonds is 8. The Morgan fingerprint density at radius 1 is 1.09 bits per heavy atom. The van der Waals surface area contributed by atoms with Crippen LogP contribution in [0.3, 0.4) is 0 Å². The number of nitrogens with zero attached hydrogens (tertiary/aromatic N) is 3. The Morgan fingerprint density at radius 2 is 1.84 bits per heavy atom. The molecule has 0 unspecified atom stereocenters. The average molecular weight is 467 g/mol. The lowest BCUT2D eigenvalue weighted by Gasteiger charge is -2.10. The van der Waals surface area contributed by atoms with Crippen LogP contribution in [0.2, 0.25) is 0 Å². The van der Waals surface area contributed by atoms with Gasteiger partial charge in [-0.25, -0.2) is 4.39 Å². The molecule has 0 aliphatic rings. The lowest BCUT2D eigenvalue weighted by molar-refractivity contribution is 0.0949. The summed E-state index contributed by atoms with van der Waals surface area (Å²) in [7, 11) is 0. The number of carbonyl (C=O) groups is 1. The minimum Gasteiger partial charge on any atom is -0.352 e. The van der Waals surface area contributed by atoms with Crippen LogP contribution in [-0.4, -0.2) is 27.2 Å². The third kappa shape index (κ3) is 5.26. The van der Waals surface area contributed by atoms with Crippen molar-refractivity contribution in [2.45, 2.75) is 24.8 Å². The molecule has 0 aliphatic heterocycles. The van der Waals surface area contributed by atoms with Gasteiger partial charge in [0.1, 0.15) is 5.82 Å². The first-order valence-electron chi connectivity index (χ1n) is 10.3. The number of thiophene rings is 1.